The Morgan fingerprint density at radius 3 is 2.82 bits per heavy atom. The van der Waals surface area contributed by atoms with Crippen LogP contribution in [-0.2, 0) is 0 Å². The van der Waals surface area contributed by atoms with Crippen molar-refractivity contribution < 1.29 is 9.90 Å². The largest absolute Gasteiger partial charge is 0.397 e. The van der Waals surface area contributed by atoms with E-state index in [1.165, 1.54) is 0 Å². The predicted molar refractivity (Wildman–Crippen MR) is 69.1 cm³/mol. The molecule has 0 aliphatic carbocycles. The minimum atomic E-state index is -0.152. The van der Waals surface area contributed by atoms with E-state index >= 15 is 0 Å². The molecule has 0 fully saturated rings. The Morgan fingerprint density at radius 2 is 2.24 bits per heavy atom. The summed E-state index contributed by atoms with van der Waals surface area (Å²) in [6.45, 7) is 3.04. The molecule has 0 aromatic heterocycles. The topological polar surface area (TPSA) is 66.6 Å². The number of nitrogens with two attached hydrogens (primary N) is 1. The fourth-order valence-electron chi connectivity index (χ4n) is 1.56. The molecular weight excluding hydrogens is 240 g/mol. The molecule has 0 atom stereocenters. The van der Waals surface area contributed by atoms with Crippen molar-refractivity contribution in [3.8, 4) is 0 Å². The van der Waals surface area contributed by atoms with E-state index in [2.05, 4.69) is 0 Å². The molecule has 17 heavy (non-hydrogen) atoms. The van der Waals surface area contributed by atoms with Gasteiger partial charge in [-0.15, -0.1) is 0 Å². The number of carbonyl (C=O) groups is 1. The molecule has 0 aliphatic rings. The summed E-state index contributed by atoms with van der Waals surface area (Å²) in [5.41, 5.74) is 6.50. The predicted octanol–water partition coefficient (Wildman–Crippen LogP) is 1.77. The van der Waals surface area contributed by atoms with Gasteiger partial charge in [-0.05, 0) is 25.5 Å². The van der Waals surface area contributed by atoms with Crippen molar-refractivity contribution in [2.75, 3.05) is 25.4 Å². The van der Waals surface area contributed by atoms with Gasteiger partial charge in [0.2, 0.25) is 0 Å². The fourth-order valence-corrected chi connectivity index (χ4v) is 1.73. The molecule has 0 saturated heterocycles. The summed E-state index contributed by atoms with van der Waals surface area (Å²) in [6, 6.07) is 5.01. The minimum Gasteiger partial charge on any atom is -0.397 e. The van der Waals surface area contributed by atoms with Crippen molar-refractivity contribution in [2.24, 2.45) is 0 Å². The molecule has 1 rings (SSSR count). The molecule has 0 radical (unpaired) electrons. The highest BCUT2D eigenvalue weighted by atomic mass is 35.5. The maximum Gasteiger partial charge on any atom is 0.255 e. The maximum atomic E-state index is 12.2. The number of aliphatic hydroxyl groups excluding tert-OH is 1. The summed E-state index contributed by atoms with van der Waals surface area (Å²) in [5, 5.41) is 9.16. The van der Waals surface area contributed by atoms with Gasteiger partial charge in [0.15, 0.2) is 0 Å². The zero-order chi connectivity index (χ0) is 12.8. The van der Waals surface area contributed by atoms with E-state index in [4.69, 9.17) is 22.4 Å². The van der Waals surface area contributed by atoms with E-state index in [1.54, 1.807) is 23.1 Å². The standard InChI is InChI=1S/C12H17ClN2O2/c1-2-15(7-4-8-16)12(17)9-5-3-6-10(13)11(9)14/h3,5-6,16H,2,4,7-8,14H2,1H3. The lowest BCUT2D eigenvalue weighted by Crippen LogP contribution is -2.32. The molecule has 0 spiro atoms. The summed E-state index contributed by atoms with van der Waals surface area (Å²) in [6.07, 6.45) is 0.556. The van der Waals surface area contributed by atoms with Gasteiger partial charge in [-0.1, -0.05) is 17.7 Å². The Morgan fingerprint density at radius 1 is 1.53 bits per heavy atom. The number of halogens is 1. The normalized spacial score (nSPS) is 10.3. The second-order valence-corrected chi connectivity index (χ2v) is 4.07. The van der Waals surface area contributed by atoms with Crippen LogP contribution in [0.1, 0.15) is 23.7 Å². The van der Waals surface area contributed by atoms with Crippen LogP contribution in [0.15, 0.2) is 18.2 Å². The van der Waals surface area contributed by atoms with Gasteiger partial charge in [-0.2, -0.15) is 0 Å². The van der Waals surface area contributed by atoms with E-state index in [1.807, 2.05) is 6.92 Å². The number of aliphatic hydroxyl groups is 1. The van der Waals surface area contributed by atoms with E-state index in [0.717, 1.165) is 0 Å². The molecule has 0 aliphatic heterocycles. The first-order chi connectivity index (χ1) is 8.11. The third-order valence-electron chi connectivity index (χ3n) is 2.54. The number of para-hydroxylation sites is 1. The minimum absolute atomic E-state index is 0.0643. The zero-order valence-electron chi connectivity index (χ0n) is 9.82. The highest BCUT2D eigenvalue weighted by molar-refractivity contribution is 6.33. The van der Waals surface area contributed by atoms with Gasteiger partial charge in [0.25, 0.3) is 5.91 Å². The van der Waals surface area contributed by atoms with Crippen LogP contribution in [0.5, 0.6) is 0 Å². The summed E-state index contributed by atoms with van der Waals surface area (Å²) in [4.78, 5) is 13.8. The van der Waals surface area contributed by atoms with E-state index < -0.39 is 0 Å². The summed E-state index contributed by atoms with van der Waals surface area (Å²) >= 11 is 5.87. The number of hydrogen-bond acceptors (Lipinski definition) is 3. The third-order valence-corrected chi connectivity index (χ3v) is 2.87. The molecule has 1 amide bonds. The van der Waals surface area contributed by atoms with E-state index in [9.17, 15) is 4.79 Å². The SMILES string of the molecule is CCN(CCCO)C(=O)c1cccc(Cl)c1N. The molecule has 1 aromatic carbocycles. The second-order valence-electron chi connectivity index (χ2n) is 3.66. The Bertz CT molecular complexity index is 396. The fraction of sp³-hybridized carbons (Fsp3) is 0.417. The van der Waals surface area contributed by atoms with E-state index in [-0.39, 0.29) is 12.5 Å². The molecule has 3 N–H and O–H groups in total. The van der Waals surface area contributed by atoms with Gasteiger partial charge in [0.1, 0.15) is 0 Å². The molecule has 5 heteroatoms. The smallest absolute Gasteiger partial charge is 0.255 e. The molecule has 94 valence electrons. The number of nitrogens with zero attached hydrogens (tertiary/aromatic N) is 1. The highest BCUT2D eigenvalue weighted by Gasteiger charge is 2.17. The maximum absolute atomic E-state index is 12.2. The summed E-state index contributed by atoms with van der Waals surface area (Å²) in [7, 11) is 0. The molecule has 4 nitrogen and oxygen atoms in total. The van der Waals surface area contributed by atoms with Crippen LogP contribution in [0.25, 0.3) is 0 Å². The van der Waals surface area contributed by atoms with Gasteiger partial charge < -0.3 is 15.7 Å². The van der Waals surface area contributed by atoms with Crippen LogP contribution in [0.2, 0.25) is 5.02 Å². The third kappa shape index (κ3) is 3.35. The molecule has 0 unspecified atom stereocenters. The first-order valence-electron chi connectivity index (χ1n) is 5.56. The number of benzene rings is 1. The number of hydrogen-bond donors (Lipinski definition) is 2. The first kappa shape index (κ1) is 13.8. The first-order valence-corrected chi connectivity index (χ1v) is 5.93. The Labute approximate surface area is 106 Å². The lowest BCUT2D eigenvalue weighted by atomic mass is 10.1. The zero-order valence-corrected chi connectivity index (χ0v) is 10.6. The Balaban J connectivity index is 2.90. The Hall–Kier alpha value is -1.26. The summed E-state index contributed by atoms with van der Waals surface area (Å²) < 4.78 is 0. The molecule has 0 bridgehead atoms. The van der Waals surface area contributed by atoms with Gasteiger partial charge in [-0.3, -0.25) is 4.79 Å². The molecule has 0 heterocycles. The van der Waals surface area contributed by atoms with Crippen molar-refractivity contribution in [1.82, 2.24) is 4.90 Å². The van der Waals surface area contributed by atoms with Crippen LogP contribution in [-0.4, -0.2) is 35.6 Å². The number of rotatable bonds is 5. The van der Waals surface area contributed by atoms with Crippen molar-refractivity contribution in [3.63, 3.8) is 0 Å². The number of anilines is 1. The van der Waals surface area contributed by atoms with Crippen molar-refractivity contribution in [3.05, 3.63) is 28.8 Å². The lowest BCUT2D eigenvalue weighted by Gasteiger charge is -2.21. The van der Waals surface area contributed by atoms with Crippen LogP contribution >= 0.6 is 11.6 Å². The van der Waals surface area contributed by atoms with Gasteiger partial charge in [-0.25, -0.2) is 0 Å². The molecular formula is C12H17ClN2O2. The average Bonchev–Trinajstić information content (AvgIpc) is 2.33. The van der Waals surface area contributed by atoms with Crippen molar-refractivity contribution >= 4 is 23.2 Å². The highest BCUT2D eigenvalue weighted by Crippen LogP contribution is 2.23. The summed E-state index contributed by atoms with van der Waals surface area (Å²) in [5.74, 6) is -0.152. The van der Waals surface area contributed by atoms with Gasteiger partial charge in [0.05, 0.1) is 16.3 Å². The van der Waals surface area contributed by atoms with Crippen LogP contribution in [0.3, 0.4) is 0 Å². The monoisotopic (exact) mass is 256 g/mol. The van der Waals surface area contributed by atoms with Crippen molar-refractivity contribution in [1.29, 1.82) is 0 Å². The van der Waals surface area contributed by atoms with Crippen molar-refractivity contribution in [2.45, 2.75) is 13.3 Å². The average molecular weight is 257 g/mol. The van der Waals surface area contributed by atoms with Crippen LogP contribution in [0.4, 0.5) is 5.69 Å². The number of carbonyl (C=O) groups excluding carboxylic acids is 1. The van der Waals surface area contributed by atoms with Gasteiger partial charge >= 0.3 is 0 Å². The molecule has 0 saturated carbocycles. The second kappa shape index (κ2) is 6.47. The quantitative estimate of drug-likeness (QED) is 0.789. The molecule has 1 aromatic rings. The van der Waals surface area contributed by atoms with Gasteiger partial charge in [0, 0.05) is 19.7 Å². The number of amides is 1. The number of nitrogen functional groups attached to an aromatic ring is 1. The van der Waals surface area contributed by atoms with Crippen LogP contribution in [0, 0.1) is 0 Å². The lowest BCUT2D eigenvalue weighted by molar-refractivity contribution is 0.0755. The van der Waals surface area contributed by atoms with Crippen LogP contribution < -0.4 is 5.73 Å². The Kier molecular flexibility index (Phi) is 5.25. The van der Waals surface area contributed by atoms with E-state index in [0.29, 0.717) is 35.8 Å².